The lowest BCUT2D eigenvalue weighted by atomic mass is 10.1. The standard InChI is InChI=1S/C15H14FN3O3/c1-9(20)11-7-13(17-8-11)15(22)19-18-14(21)6-10-2-4-12(16)5-3-10/h2-5,7-8,17H,6H2,1H3,(H,18,21)(H,19,22). The maximum atomic E-state index is 12.7. The molecule has 0 unspecified atom stereocenters. The van der Waals surface area contributed by atoms with E-state index in [2.05, 4.69) is 15.8 Å². The van der Waals surface area contributed by atoms with E-state index in [1.54, 1.807) is 0 Å². The molecule has 6 nitrogen and oxygen atoms in total. The third-order valence-electron chi connectivity index (χ3n) is 2.93. The normalized spacial score (nSPS) is 10.1. The van der Waals surface area contributed by atoms with Crippen molar-refractivity contribution in [2.24, 2.45) is 0 Å². The van der Waals surface area contributed by atoms with Gasteiger partial charge in [0, 0.05) is 11.8 Å². The molecular weight excluding hydrogens is 289 g/mol. The smallest absolute Gasteiger partial charge is 0.286 e. The van der Waals surface area contributed by atoms with E-state index in [4.69, 9.17) is 0 Å². The SMILES string of the molecule is CC(=O)c1c[nH]c(C(=O)NNC(=O)Cc2ccc(F)cc2)c1. The number of hydrazine groups is 1. The van der Waals surface area contributed by atoms with Crippen LogP contribution in [0.25, 0.3) is 0 Å². The Balaban J connectivity index is 1.86. The van der Waals surface area contributed by atoms with E-state index in [1.807, 2.05) is 0 Å². The lowest BCUT2D eigenvalue weighted by Gasteiger charge is -2.06. The molecule has 114 valence electrons. The molecule has 0 saturated carbocycles. The Morgan fingerprint density at radius 1 is 1.14 bits per heavy atom. The Bertz CT molecular complexity index is 707. The van der Waals surface area contributed by atoms with Gasteiger partial charge < -0.3 is 4.98 Å². The first-order chi connectivity index (χ1) is 10.5. The molecule has 0 bridgehead atoms. The van der Waals surface area contributed by atoms with Crippen molar-refractivity contribution in [3.8, 4) is 0 Å². The minimum Gasteiger partial charge on any atom is -0.356 e. The minimum atomic E-state index is -0.569. The highest BCUT2D eigenvalue weighted by atomic mass is 19.1. The topological polar surface area (TPSA) is 91.1 Å². The number of nitrogens with one attached hydrogen (secondary N) is 3. The maximum Gasteiger partial charge on any atom is 0.286 e. The number of H-pyrrole nitrogens is 1. The van der Waals surface area contributed by atoms with Gasteiger partial charge >= 0.3 is 0 Å². The van der Waals surface area contributed by atoms with Crippen LogP contribution in [-0.2, 0) is 11.2 Å². The van der Waals surface area contributed by atoms with Crippen molar-refractivity contribution < 1.29 is 18.8 Å². The van der Waals surface area contributed by atoms with Crippen LogP contribution in [0.4, 0.5) is 4.39 Å². The van der Waals surface area contributed by atoms with Gasteiger partial charge in [0.1, 0.15) is 11.5 Å². The average molecular weight is 303 g/mol. The molecule has 0 radical (unpaired) electrons. The molecule has 2 amide bonds. The number of aromatic nitrogens is 1. The van der Waals surface area contributed by atoms with Gasteiger partial charge in [0.25, 0.3) is 5.91 Å². The number of benzene rings is 1. The van der Waals surface area contributed by atoms with E-state index in [-0.39, 0.29) is 23.7 Å². The van der Waals surface area contributed by atoms with Crippen molar-refractivity contribution in [3.05, 3.63) is 59.2 Å². The van der Waals surface area contributed by atoms with Crippen molar-refractivity contribution in [1.29, 1.82) is 0 Å². The van der Waals surface area contributed by atoms with Crippen LogP contribution in [0.1, 0.15) is 33.3 Å². The fourth-order valence-electron chi connectivity index (χ4n) is 1.75. The number of ketones is 1. The minimum absolute atomic E-state index is 0.00395. The Hall–Kier alpha value is -2.96. The highest BCUT2D eigenvalue weighted by molar-refractivity contribution is 5.99. The lowest BCUT2D eigenvalue weighted by Crippen LogP contribution is -2.42. The molecule has 22 heavy (non-hydrogen) atoms. The number of carbonyl (C=O) groups is 3. The van der Waals surface area contributed by atoms with Gasteiger partial charge in [0.15, 0.2) is 5.78 Å². The fourth-order valence-corrected chi connectivity index (χ4v) is 1.75. The van der Waals surface area contributed by atoms with Crippen LogP contribution in [0.15, 0.2) is 36.5 Å². The Morgan fingerprint density at radius 3 is 2.41 bits per heavy atom. The van der Waals surface area contributed by atoms with Gasteiger partial charge in [-0.2, -0.15) is 0 Å². The zero-order chi connectivity index (χ0) is 16.1. The average Bonchev–Trinajstić information content (AvgIpc) is 2.97. The van der Waals surface area contributed by atoms with Gasteiger partial charge in [-0.1, -0.05) is 12.1 Å². The summed E-state index contributed by atoms with van der Waals surface area (Å²) in [6.45, 7) is 1.38. The van der Waals surface area contributed by atoms with Crippen LogP contribution in [0.2, 0.25) is 0 Å². The van der Waals surface area contributed by atoms with Crippen molar-refractivity contribution >= 4 is 17.6 Å². The molecule has 0 aliphatic carbocycles. The molecule has 0 spiro atoms. The van der Waals surface area contributed by atoms with Crippen LogP contribution >= 0.6 is 0 Å². The van der Waals surface area contributed by atoms with Gasteiger partial charge in [-0.3, -0.25) is 25.2 Å². The number of Topliss-reactive ketones (excluding diaryl/α,β-unsaturated/α-hetero) is 1. The highest BCUT2D eigenvalue weighted by Crippen LogP contribution is 2.04. The summed E-state index contributed by atoms with van der Waals surface area (Å²) >= 11 is 0. The molecule has 0 aliphatic heterocycles. The number of halogens is 1. The van der Waals surface area contributed by atoms with Crippen LogP contribution in [-0.4, -0.2) is 22.6 Å². The first-order valence-electron chi connectivity index (χ1n) is 6.48. The van der Waals surface area contributed by atoms with Gasteiger partial charge in [-0.25, -0.2) is 4.39 Å². The largest absolute Gasteiger partial charge is 0.356 e. The summed E-state index contributed by atoms with van der Waals surface area (Å²) in [5.41, 5.74) is 5.63. The third kappa shape index (κ3) is 4.02. The van der Waals surface area contributed by atoms with Gasteiger partial charge in [0.05, 0.1) is 6.42 Å². The van der Waals surface area contributed by atoms with Crippen molar-refractivity contribution in [2.45, 2.75) is 13.3 Å². The number of carbonyl (C=O) groups excluding carboxylic acids is 3. The fraction of sp³-hybridized carbons (Fsp3) is 0.133. The van der Waals surface area contributed by atoms with Crippen LogP contribution in [0.5, 0.6) is 0 Å². The van der Waals surface area contributed by atoms with Crippen LogP contribution in [0.3, 0.4) is 0 Å². The molecule has 1 aromatic carbocycles. The third-order valence-corrected chi connectivity index (χ3v) is 2.93. The molecule has 7 heteroatoms. The highest BCUT2D eigenvalue weighted by Gasteiger charge is 2.11. The molecule has 2 rings (SSSR count). The zero-order valence-electron chi connectivity index (χ0n) is 11.8. The second kappa shape index (κ2) is 6.66. The first kappa shape index (κ1) is 15.4. The lowest BCUT2D eigenvalue weighted by molar-refractivity contribution is -0.121. The predicted molar refractivity (Wildman–Crippen MR) is 76.5 cm³/mol. The second-order valence-corrected chi connectivity index (χ2v) is 4.66. The van der Waals surface area contributed by atoms with Crippen LogP contribution in [0, 0.1) is 5.82 Å². The monoisotopic (exact) mass is 303 g/mol. The van der Waals surface area contributed by atoms with E-state index < -0.39 is 11.8 Å². The number of aromatic amines is 1. The molecule has 1 heterocycles. The Kier molecular flexibility index (Phi) is 4.67. The van der Waals surface area contributed by atoms with E-state index in [1.165, 1.54) is 43.5 Å². The quantitative estimate of drug-likeness (QED) is 0.588. The van der Waals surface area contributed by atoms with Gasteiger partial charge in [-0.05, 0) is 30.7 Å². The molecule has 3 N–H and O–H groups in total. The molecule has 1 aromatic heterocycles. The molecule has 0 aliphatic rings. The van der Waals surface area contributed by atoms with Crippen molar-refractivity contribution in [2.75, 3.05) is 0 Å². The molecule has 2 aromatic rings. The zero-order valence-corrected chi connectivity index (χ0v) is 11.8. The summed E-state index contributed by atoms with van der Waals surface area (Å²) in [7, 11) is 0. The van der Waals surface area contributed by atoms with Gasteiger partial charge in [-0.15, -0.1) is 0 Å². The predicted octanol–water partition coefficient (Wildman–Crippen LogP) is 1.36. The molecular formula is C15H14FN3O3. The van der Waals surface area contributed by atoms with E-state index in [0.717, 1.165) is 0 Å². The summed E-state index contributed by atoms with van der Waals surface area (Å²) in [5, 5.41) is 0. The first-order valence-corrected chi connectivity index (χ1v) is 6.48. The second-order valence-electron chi connectivity index (χ2n) is 4.66. The summed E-state index contributed by atoms with van der Waals surface area (Å²) in [4.78, 5) is 37.2. The van der Waals surface area contributed by atoms with E-state index in [9.17, 15) is 18.8 Å². The maximum absolute atomic E-state index is 12.7. The van der Waals surface area contributed by atoms with Crippen molar-refractivity contribution in [1.82, 2.24) is 15.8 Å². The number of amides is 2. The summed E-state index contributed by atoms with van der Waals surface area (Å²) < 4.78 is 12.7. The molecule has 0 fully saturated rings. The van der Waals surface area contributed by atoms with Gasteiger partial charge in [0.2, 0.25) is 5.91 Å². The Morgan fingerprint density at radius 2 is 1.82 bits per heavy atom. The van der Waals surface area contributed by atoms with Crippen LogP contribution < -0.4 is 10.9 Å². The van der Waals surface area contributed by atoms with E-state index in [0.29, 0.717) is 11.1 Å². The van der Waals surface area contributed by atoms with E-state index >= 15 is 0 Å². The summed E-state index contributed by atoms with van der Waals surface area (Å²) in [5.74, 6) is -1.57. The summed E-state index contributed by atoms with van der Waals surface area (Å²) in [6.07, 6.45) is 1.42. The van der Waals surface area contributed by atoms with Crippen molar-refractivity contribution in [3.63, 3.8) is 0 Å². The molecule has 0 saturated heterocycles. The Labute approximate surface area is 125 Å². The molecule has 0 atom stereocenters. The number of hydrogen-bond acceptors (Lipinski definition) is 3. The number of hydrogen-bond donors (Lipinski definition) is 3. The number of rotatable bonds is 4. The summed E-state index contributed by atoms with van der Waals surface area (Å²) in [6, 6.07) is 6.87.